The first-order chi connectivity index (χ1) is 11.9. The molecule has 2 aromatic heterocycles. The third kappa shape index (κ3) is 1.89. The van der Waals surface area contributed by atoms with Crippen LogP contribution >= 0.6 is 15.9 Å². The van der Waals surface area contributed by atoms with E-state index < -0.39 is 0 Å². The van der Waals surface area contributed by atoms with Crippen molar-refractivity contribution in [2.75, 3.05) is 5.33 Å². The summed E-state index contributed by atoms with van der Waals surface area (Å²) in [5.74, 6) is 0. The Balaban J connectivity index is 2.07. The second-order valence-electron chi connectivity index (χ2n) is 5.91. The Morgan fingerprint density at radius 1 is 0.833 bits per heavy atom. The monoisotopic (exact) mass is 375 g/mol. The van der Waals surface area contributed by atoms with Crippen LogP contribution in [0.2, 0.25) is 0 Å². The van der Waals surface area contributed by atoms with E-state index in [1.54, 1.807) is 0 Å². The number of para-hydroxylation sites is 2. The summed E-state index contributed by atoms with van der Waals surface area (Å²) in [6.45, 7) is 0.866. The molecule has 0 aliphatic heterocycles. The lowest BCUT2D eigenvalue weighted by Gasteiger charge is -2.04. The zero-order valence-electron chi connectivity index (χ0n) is 12.9. The normalized spacial score (nSPS) is 11.9. The smallest absolute Gasteiger partial charge is 0.160 e. The van der Waals surface area contributed by atoms with E-state index in [0.717, 1.165) is 34.1 Å². The number of halogens is 1. The molecule has 0 saturated carbocycles. The molecule has 5 rings (SSSR count). The number of nitrogens with zero attached hydrogens (tertiary/aromatic N) is 3. The SMILES string of the molecule is BrCCn1c2ccc3ccccc3c2c2nc3ccccc3nc21. The van der Waals surface area contributed by atoms with E-state index in [0.29, 0.717) is 0 Å². The van der Waals surface area contributed by atoms with Gasteiger partial charge in [0.15, 0.2) is 5.65 Å². The zero-order chi connectivity index (χ0) is 16.1. The molecule has 0 unspecified atom stereocenters. The predicted octanol–water partition coefficient (Wildman–Crippen LogP) is 5.29. The van der Waals surface area contributed by atoms with Gasteiger partial charge < -0.3 is 4.57 Å². The first-order valence-corrected chi connectivity index (χ1v) is 9.11. The van der Waals surface area contributed by atoms with Crippen molar-refractivity contribution >= 4 is 59.8 Å². The Bertz CT molecular complexity index is 1220. The quantitative estimate of drug-likeness (QED) is 0.392. The standard InChI is InChI=1S/C20H14BrN3/c21-11-12-24-17-10-9-13-5-1-2-6-14(13)18(17)19-20(24)23-16-8-4-3-7-15(16)22-19/h1-10H,11-12H2. The Morgan fingerprint density at radius 2 is 1.58 bits per heavy atom. The Labute approximate surface area is 147 Å². The molecule has 0 saturated heterocycles. The summed E-state index contributed by atoms with van der Waals surface area (Å²) in [4.78, 5) is 9.88. The van der Waals surface area contributed by atoms with E-state index in [-0.39, 0.29) is 0 Å². The van der Waals surface area contributed by atoms with Gasteiger partial charge in [0.25, 0.3) is 0 Å². The summed E-state index contributed by atoms with van der Waals surface area (Å²) in [5.41, 5.74) is 5.02. The van der Waals surface area contributed by atoms with Crippen LogP contribution in [0.1, 0.15) is 0 Å². The van der Waals surface area contributed by atoms with E-state index in [2.05, 4.69) is 56.9 Å². The topological polar surface area (TPSA) is 30.7 Å². The molecule has 5 aromatic rings. The average molecular weight is 376 g/mol. The van der Waals surface area contributed by atoms with Gasteiger partial charge in [-0.25, -0.2) is 9.97 Å². The number of aryl methyl sites for hydroxylation is 1. The van der Waals surface area contributed by atoms with E-state index >= 15 is 0 Å². The summed E-state index contributed by atoms with van der Waals surface area (Å²) in [7, 11) is 0. The number of benzene rings is 3. The summed E-state index contributed by atoms with van der Waals surface area (Å²) in [5, 5.41) is 4.55. The van der Waals surface area contributed by atoms with Crippen LogP contribution < -0.4 is 0 Å². The number of aromatic nitrogens is 3. The molecule has 2 heterocycles. The van der Waals surface area contributed by atoms with Gasteiger partial charge in [-0.15, -0.1) is 0 Å². The number of hydrogen-bond acceptors (Lipinski definition) is 2. The molecule has 3 aromatic carbocycles. The van der Waals surface area contributed by atoms with Crippen LogP contribution in [-0.4, -0.2) is 19.9 Å². The molecule has 4 heteroatoms. The van der Waals surface area contributed by atoms with E-state index in [1.807, 2.05) is 24.3 Å². The molecule has 0 spiro atoms. The van der Waals surface area contributed by atoms with Gasteiger partial charge in [-0.2, -0.15) is 0 Å². The zero-order valence-corrected chi connectivity index (χ0v) is 14.5. The van der Waals surface area contributed by atoms with Gasteiger partial charge in [0.2, 0.25) is 0 Å². The Hall–Kier alpha value is -2.46. The lowest BCUT2D eigenvalue weighted by atomic mass is 10.1. The third-order valence-corrected chi connectivity index (χ3v) is 4.91. The Morgan fingerprint density at radius 3 is 2.42 bits per heavy atom. The van der Waals surface area contributed by atoms with Crippen molar-refractivity contribution in [2.24, 2.45) is 0 Å². The van der Waals surface area contributed by atoms with Crippen molar-refractivity contribution in [1.82, 2.24) is 14.5 Å². The van der Waals surface area contributed by atoms with Gasteiger partial charge >= 0.3 is 0 Å². The molecular weight excluding hydrogens is 362 g/mol. The highest BCUT2D eigenvalue weighted by Crippen LogP contribution is 2.34. The summed E-state index contributed by atoms with van der Waals surface area (Å²) in [6, 6.07) is 20.9. The highest BCUT2D eigenvalue weighted by atomic mass is 79.9. The van der Waals surface area contributed by atoms with Crippen LogP contribution in [0.15, 0.2) is 60.7 Å². The van der Waals surface area contributed by atoms with Crippen LogP contribution in [0.4, 0.5) is 0 Å². The molecule has 0 radical (unpaired) electrons. The van der Waals surface area contributed by atoms with Crippen molar-refractivity contribution in [2.45, 2.75) is 6.54 Å². The van der Waals surface area contributed by atoms with Gasteiger partial charge in [-0.3, -0.25) is 0 Å². The second kappa shape index (κ2) is 5.28. The summed E-state index contributed by atoms with van der Waals surface area (Å²) in [6.07, 6.45) is 0. The van der Waals surface area contributed by atoms with E-state index in [4.69, 9.17) is 9.97 Å². The van der Waals surface area contributed by atoms with Crippen molar-refractivity contribution < 1.29 is 0 Å². The van der Waals surface area contributed by atoms with Crippen molar-refractivity contribution in [3.8, 4) is 0 Å². The maximum atomic E-state index is 4.96. The van der Waals surface area contributed by atoms with Crippen LogP contribution in [0.25, 0.3) is 43.9 Å². The van der Waals surface area contributed by atoms with Crippen molar-refractivity contribution in [3.05, 3.63) is 60.7 Å². The fourth-order valence-corrected chi connectivity index (χ4v) is 3.86. The third-order valence-electron chi connectivity index (χ3n) is 4.55. The maximum absolute atomic E-state index is 4.96. The minimum Gasteiger partial charge on any atom is -0.323 e. The first-order valence-electron chi connectivity index (χ1n) is 7.99. The largest absolute Gasteiger partial charge is 0.323 e. The van der Waals surface area contributed by atoms with Gasteiger partial charge in [0.1, 0.15) is 5.52 Å². The average Bonchev–Trinajstić information content (AvgIpc) is 2.94. The van der Waals surface area contributed by atoms with Crippen LogP contribution in [0.3, 0.4) is 0 Å². The minimum atomic E-state index is 0.866. The molecule has 0 aliphatic rings. The predicted molar refractivity (Wildman–Crippen MR) is 104 cm³/mol. The molecule has 116 valence electrons. The molecule has 3 nitrogen and oxygen atoms in total. The van der Waals surface area contributed by atoms with E-state index in [9.17, 15) is 0 Å². The van der Waals surface area contributed by atoms with E-state index in [1.165, 1.54) is 21.7 Å². The summed E-state index contributed by atoms with van der Waals surface area (Å²) < 4.78 is 2.27. The summed E-state index contributed by atoms with van der Waals surface area (Å²) >= 11 is 3.57. The fraction of sp³-hybridized carbons (Fsp3) is 0.100. The van der Waals surface area contributed by atoms with Gasteiger partial charge in [-0.1, -0.05) is 58.4 Å². The second-order valence-corrected chi connectivity index (χ2v) is 6.70. The van der Waals surface area contributed by atoms with Crippen LogP contribution in [0, 0.1) is 0 Å². The number of hydrogen-bond donors (Lipinski definition) is 0. The molecular formula is C20H14BrN3. The highest BCUT2D eigenvalue weighted by molar-refractivity contribution is 9.09. The van der Waals surface area contributed by atoms with Gasteiger partial charge in [0.05, 0.1) is 16.6 Å². The molecule has 0 bridgehead atoms. The maximum Gasteiger partial charge on any atom is 0.160 e. The molecule has 24 heavy (non-hydrogen) atoms. The minimum absolute atomic E-state index is 0.866. The highest BCUT2D eigenvalue weighted by Gasteiger charge is 2.16. The van der Waals surface area contributed by atoms with Crippen molar-refractivity contribution in [3.63, 3.8) is 0 Å². The molecule has 0 N–H and O–H groups in total. The van der Waals surface area contributed by atoms with Gasteiger partial charge in [-0.05, 0) is 29.0 Å². The van der Waals surface area contributed by atoms with Crippen LogP contribution in [0.5, 0.6) is 0 Å². The number of rotatable bonds is 2. The molecule has 0 fully saturated rings. The molecule has 0 atom stereocenters. The Kier molecular flexibility index (Phi) is 3.06. The number of fused-ring (bicyclic) bond motifs is 6. The van der Waals surface area contributed by atoms with Crippen LogP contribution in [-0.2, 0) is 6.54 Å². The first kappa shape index (κ1) is 13.9. The van der Waals surface area contributed by atoms with Gasteiger partial charge in [0, 0.05) is 17.3 Å². The fourth-order valence-electron chi connectivity index (χ4n) is 3.51. The molecule has 0 aliphatic carbocycles. The lowest BCUT2D eigenvalue weighted by molar-refractivity contribution is 0.832. The van der Waals surface area contributed by atoms with Crippen molar-refractivity contribution in [1.29, 1.82) is 0 Å². The molecule has 0 amide bonds. The number of alkyl halides is 1. The lowest BCUT2D eigenvalue weighted by Crippen LogP contribution is -2.00.